The molecule has 2 rings (SSSR count). The van der Waals surface area contributed by atoms with Crippen molar-refractivity contribution in [3.8, 4) is 11.5 Å². The summed E-state index contributed by atoms with van der Waals surface area (Å²) < 4.78 is 21.3. The van der Waals surface area contributed by atoms with E-state index in [2.05, 4.69) is 0 Å². The summed E-state index contributed by atoms with van der Waals surface area (Å²) in [6.45, 7) is 7.50. The summed E-state index contributed by atoms with van der Waals surface area (Å²) in [6, 6.07) is 4.50. The van der Waals surface area contributed by atoms with Gasteiger partial charge in [-0.25, -0.2) is 4.79 Å². The van der Waals surface area contributed by atoms with Crippen LogP contribution >= 0.6 is 0 Å². The smallest absolute Gasteiger partial charge is 0.347 e. The molecule has 7 heteroatoms. The molecular formula is C20H29NO6. The molecule has 27 heavy (non-hydrogen) atoms. The molecule has 0 saturated heterocycles. The van der Waals surface area contributed by atoms with Gasteiger partial charge in [-0.1, -0.05) is 19.4 Å². The Morgan fingerprint density at radius 3 is 2.56 bits per heavy atom. The Bertz CT molecular complexity index is 667. The number of fused-ring (bicyclic) bond motifs is 1. The van der Waals surface area contributed by atoms with Crippen LogP contribution in [0.4, 0.5) is 0 Å². The first-order valence-electron chi connectivity index (χ1n) is 9.27. The number of nitrogens with two attached hydrogens (primary N) is 1. The summed E-state index contributed by atoms with van der Waals surface area (Å²) in [5.41, 5.74) is 6.17. The number of ether oxygens (including phenoxy) is 4. The first-order chi connectivity index (χ1) is 12.7. The van der Waals surface area contributed by atoms with Gasteiger partial charge in [0.2, 0.25) is 6.79 Å². The summed E-state index contributed by atoms with van der Waals surface area (Å²) in [5, 5.41) is 0. The largest absolute Gasteiger partial charge is 0.457 e. The summed E-state index contributed by atoms with van der Waals surface area (Å²) in [5.74, 6) is 0.126. The van der Waals surface area contributed by atoms with Gasteiger partial charge in [0, 0.05) is 0 Å². The number of rotatable bonds is 8. The molecule has 7 nitrogen and oxygen atoms in total. The first-order valence-corrected chi connectivity index (χ1v) is 9.27. The van der Waals surface area contributed by atoms with Crippen molar-refractivity contribution in [3.05, 3.63) is 23.8 Å². The van der Waals surface area contributed by atoms with Gasteiger partial charge in [-0.15, -0.1) is 0 Å². The highest BCUT2D eigenvalue weighted by Gasteiger charge is 2.30. The standard InChI is InChI=1S/C20H29NO6/c1-5-6-7-16(19(23)27-20(2,3)4)26-18(22)14(21)10-13-8-9-15-17(11-13)25-12-24-15/h8-9,11,14,16H,5-7,10,12,21H2,1-4H3/t14-,16?/m0/s1. The van der Waals surface area contributed by atoms with Crippen LogP contribution in [0, 0.1) is 0 Å². The van der Waals surface area contributed by atoms with Gasteiger partial charge in [-0.3, -0.25) is 4.79 Å². The van der Waals surface area contributed by atoms with E-state index in [9.17, 15) is 9.59 Å². The van der Waals surface area contributed by atoms with Crippen molar-refractivity contribution >= 4 is 11.9 Å². The van der Waals surface area contributed by atoms with Crippen LogP contribution in [0.2, 0.25) is 0 Å². The number of hydrogen-bond donors (Lipinski definition) is 1. The van der Waals surface area contributed by atoms with E-state index in [-0.39, 0.29) is 13.2 Å². The van der Waals surface area contributed by atoms with Gasteiger partial charge in [0.1, 0.15) is 11.6 Å². The maximum atomic E-state index is 12.4. The van der Waals surface area contributed by atoms with E-state index in [4.69, 9.17) is 24.7 Å². The third kappa shape index (κ3) is 6.43. The second-order valence-electron chi connectivity index (χ2n) is 7.60. The van der Waals surface area contributed by atoms with Crippen LogP contribution in [-0.2, 0) is 25.5 Å². The van der Waals surface area contributed by atoms with Crippen molar-refractivity contribution in [2.75, 3.05) is 6.79 Å². The van der Waals surface area contributed by atoms with Crippen LogP contribution in [-0.4, -0.2) is 36.5 Å². The third-order valence-electron chi connectivity index (χ3n) is 3.94. The maximum Gasteiger partial charge on any atom is 0.347 e. The Morgan fingerprint density at radius 1 is 1.19 bits per heavy atom. The second kappa shape index (κ2) is 9.08. The number of benzene rings is 1. The molecule has 0 aliphatic carbocycles. The van der Waals surface area contributed by atoms with E-state index in [0.717, 1.165) is 18.4 Å². The van der Waals surface area contributed by atoms with Crippen molar-refractivity contribution in [2.24, 2.45) is 5.73 Å². The fraction of sp³-hybridized carbons (Fsp3) is 0.600. The van der Waals surface area contributed by atoms with Crippen molar-refractivity contribution in [1.29, 1.82) is 0 Å². The van der Waals surface area contributed by atoms with Crippen LogP contribution in [0.1, 0.15) is 52.5 Å². The molecule has 0 amide bonds. The number of unbranched alkanes of at least 4 members (excludes halogenated alkanes) is 1. The third-order valence-corrected chi connectivity index (χ3v) is 3.94. The average Bonchev–Trinajstić information content (AvgIpc) is 3.04. The molecule has 1 aromatic rings. The monoisotopic (exact) mass is 379 g/mol. The lowest BCUT2D eigenvalue weighted by Gasteiger charge is -2.24. The minimum Gasteiger partial charge on any atom is -0.457 e. The highest BCUT2D eigenvalue weighted by atomic mass is 16.7. The predicted molar refractivity (Wildman–Crippen MR) is 99.5 cm³/mol. The predicted octanol–water partition coefficient (Wildman–Crippen LogP) is 2.73. The molecule has 0 bridgehead atoms. The zero-order chi connectivity index (χ0) is 20.0. The van der Waals surface area contributed by atoms with Crippen molar-refractivity contribution in [3.63, 3.8) is 0 Å². The van der Waals surface area contributed by atoms with Gasteiger partial charge >= 0.3 is 11.9 Å². The number of hydrogen-bond acceptors (Lipinski definition) is 7. The van der Waals surface area contributed by atoms with Gasteiger partial charge in [0.05, 0.1) is 0 Å². The Kier molecular flexibility index (Phi) is 7.07. The second-order valence-corrected chi connectivity index (χ2v) is 7.60. The van der Waals surface area contributed by atoms with Crippen LogP contribution in [0.15, 0.2) is 18.2 Å². The molecule has 0 aromatic heterocycles. The van der Waals surface area contributed by atoms with Crippen LogP contribution < -0.4 is 15.2 Å². The Balaban J connectivity index is 1.97. The van der Waals surface area contributed by atoms with Crippen LogP contribution in [0.25, 0.3) is 0 Å². The quantitative estimate of drug-likeness (QED) is 0.694. The molecule has 0 saturated carbocycles. The summed E-state index contributed by atoms with van der Waals surface area (Å²) in [4.78, 5) is 24.8. The zero-order valence-corrected chi connectivity index (χ0v) is 16.4. The number of carbonyl (C=O) groups excluding carboxylic acids is 2. The van der Waals surface area contributed by atoms with Crippen molar-refractivity contribution in [2.45, 2.75) is 71.1 Å². The van der Waals surface area contributed by atoms with E-state index in [1.54, 1.807) is 32.9 Å². The lowest BCUT2D eigenvalue weighted by atomic mass is 10.1. The van der Waals surface area contributed by atoms with Gasteiger partial charge in [-0.2, -0.15) is 0 Å². The SMILES string of the molecule is CCCCC(OC(=O)[C@@H](N)Cc1ccc2c(c1)OCO2)C(=O)OC(C)(C)C. The molecular weight excluding hydrogens is 350 g/mol. The van der Waals surface area contributed by atoms with Gasteiger partial charge in [0.15, 0.2) is 17.6 Å². The number of carbonyl (C=O) groups is 2. The van der Waals surface area contributed by atoms with E-state index >= 15 is 0 Å². The van der Waals surface area contributed by atoms with Gasteiger partial charge < -0.3 is 24.7 Å². The molecule has 1 heterocycles. The van der Waals surface area contributed by atoms with Gasteiger partial charge in [-0.05, 0) is 57.7 Å². The Hall–Kier alpha value is -2.28. The van der Waals surface area contributed by atoms with Crippen molar-refractivity contribution < 1.29 is 28.5 Å². The highest BCUT2D eigenvalue weighted by molar-refractivity contribution is 5.82. The Labute approximate surface area is 160 Å². The number of esters is 2. The fourth-order valence-electron chi connectivity index (χ4n) is 2.61. The maximum absolute atomic E-state index is 12.4. The van der Waals surface area contributed by atoms with Crippen molar-refractivity contribution in [1.82, 2.24) is 0 Å². The molecule has 0 fully saturated rings. The first kappa shape index (κ1) is 21.0. The van der Waals surface area contributed by atoms with Gasteiger partial charge in [0.25, 0.3) is 0 Å². The molecule has 1 aliphatic rings. The molecule has 1 aliphatic heterocycles. The highest BCUT2D eigenvalue weighted by Crippen LogP contribution is 2.32. The Morgan fingerprint density at radius 2 is 1.89 bits per heavy atom. The van der Waals surface area contributed by atoms with E-state index in [1.165, 1.54) is 0 Å². The molecule has 1 aromatic carbocycles. The minimum atomic E-state index is -0.945. The average molecular weight is 379 g/mol. The van der Waals surface area contributed by atoms with E-state index in [1.807, 2.05) is 13.0 Å². The minimum absolute atomic E-state index is 0.182. The molecule has 150 valence electrons. The van der Waals surface area contributed by atoms with Crippen LogP contribution in [0.3, 0.4) is 0 Å². The summed E-state index contributed by atoms with van der Waals surface area (Å²) in [7, 11) is 0. The topological polar surface area (TPSA) is 97.1 Å². The fourth-order valence-corrected chi connectivity index (χ4v) is 2.61. The lowest BCUT2D eigenvalue weighted by molar-refractivity contribution is -0.176. The van der Waals surface area contributed by atoms with E-state index in [0.29, 0.717) is 17.9 Å². The van der Waals surface area contributed by atoms with E-state index < -0.39 is 29.7 Å². The molecule has 0 radical (unpaired) electrons. The molecule has 2 atom stereocenters. The zero-order valence-electron chi connectivity index (χ0n) is 16.4. The summed E-state index contributed by atoms with van der Waals surface area (Å²) >= 11 is 0. The molecule has 0 spiro atoms. The lowest BCUT2D eigenvalue weighted by Crippen LogP contribution is -2.41. The summed E-state index contributed by atoms with van der Waals surface area (Å²) in [6.07, 6.45) is 1.35. The van der Waals surface area contributed by atoms with Crippen LogP contribution in [0.5, 0.6) is 11.5 Å². The normalized spacial score (nSPS) is 15.1. The molecule has 2 N–H and O–H groups in total. The molecule has 1 unspecified atom stereocenters.